The highest BCUT2D eigenvalue weighted by Gasteiger charge is 2.18. The van der Waals surface area contributed by atoms with Crippen molar-refractivity contribution in [2.75, 3.05) is 31.7 Å². The minimum absolute atomic E-state index is 0.104. The Morgan fingerprint density at radius 1 is 1.26 bits per heavy atom. The Morgan fingerprint density at radius 2 is 1.87 bits per heavy atom. The van der Waals surface area contributed by atoms with Gasteiger partial charge in [0.15, 0.2) is 0 Å². The fourth-order valence-electron chi connectivity index (χ4n) is 2.21. The van der Waals surface area contributed by atoms with E-state index in [-0.39, 0.29) is 6.04 Å². The van der Waals surface area contributed by atoms with Crippen molar-refractivity contribution in [2.45, 2.75) is 46.3 Å². The standard InChI is InChI=1S/C18H30N2O3/c1-7-20(12-13-22-6)16-10-8-15(9-11-16)14(2)19-17(21)23-18(3,4)5/h8-11,14H,7,12-13H2,1-6H3,(H,19,21)/t14-/m0/s1. The van der Waals surface area contributed by atoms with Crippen LogP contribution in [-0.4, -0.2) is 38.5 Å². The first-order chi connectivity index (χ1) is 10.8. The molecule has 1 amide bonds. The van der Waals surface area contributed by atoms with Crippen molar-refractivity contribution >= 4 is 11.8 Å². The first-order valence-corrected chi connectivity index (χ1v) is 8.10. The van der Waals surface area contributed by atoms with Crippen LogP contribution in [0.2, 0.25) is 0 Å². The lowest BCUT2D eigenvalue weighted by Crippen LogP contribution is -2.34. The number of benzene rings is 1. The van der Waals surface area contributed by atoms with Crippen LogP contribution in [0.1, 0.15) is 46.2 Å². The van der Waals surface area contributed by atoms with Gasteiger partial charge in [-0.2, -0.15) is 0 Å². The van der Waals surface area contributed by atoms with Crippen LogP contribution < -0.4 is 10.2 Å². The van der Waals surface area contributed by atoms with Crippen molar-refractivity contribution in [3.63, 3.8) is 0 Å². The van der Waals surface area contributed by atoms with Gasteiger partial charge in [-0.05, 0) is 52.3 Å². The van der Waals surface area contributed by atoms with E-state index >= 15 is 0 Å². The van der Waals surface area contributed by atoms with Gasteiger partial charge >= 0.3 is 6.09 Å². The van der Waals surface area contributed by atoms with Gasteiger partial charge in [-0.15, -0.1) is 0 Å². The van der Waals surface area contributed by atoms with Crippen molar-refractivity contribution in [3.8, 4) is 0 Å². The molecular weight excluding hydrogens is 292 g/mol. The molecule has 0 spiro atoms. The zero-order valence-corrected chi connectivity index (χ0v) is 15.2. The summed E-state index contributed by atoms with van der Waals surface area (Å²) in [5.41, 5.74) is 1.71. The Hall–Kier alpha value is -1.75. The first kappa shape index (κ1) is 19.3. The van der Waals surface area contributed by atoms with Crippen molar-refractivity contribution in [3.05, 3.63) is 29.8 Å². The molecule has 0 aliphatic carbocycles. The zero-order valence-electron chi connectivity index (χ0n) is 15.2. The van der Waals surface area contributed by atoms with Crippen molar-refractivity contribution in [1.29, 1.82) is 0 Å². The molecule has 0 fully saturated rings. The molecule has 0 heterocycles. The molecule has 0 aromatic heterocycles. The molecule has 1 atom stereocenters. The topological polar surface area (TPSA) is 50.8 Å². The van der Waals surface area contributed by atoms with Crippen LogP contribution in [0, 0.1) is 0 Å². The Balaban J connectivity index is 2.66. The van der Waals surface area contributed by atoms with Crippen LogP contribution in [-0.2, 0) is 9.47 Å². The van der Waals surface area contributed by atoms with Gasteiger partial charge in [-0.3, -0.25) is 0 Å². The number of hydrogen-bond donors (Lipinski definition) is 1. The summed E-state index contributed by atoms with van der Waals surface area (Å²) in [4.78, 5) is 14.1. The Morgan fingerprint density at radius 3 is 2.35 bits per heavy atom. The largest absolute Gasteiger partial charge is 0.444 e. The molecule has 1 aromatic carbocycles. The molecule has 0 radical (unpaired) electrons. The van der Waals surface area contributed by atoms with E-state index in [2.05, 4.69) is 29.3 Å². The molecule has 5 nitrogen and oxygen atoms in total. The van der Waals surface area contributed by atoms with Gasteiger partial charge in [0.1, 0.15) is 5.60 Å². The van der Waals surface area contributed by atoms with E-state index < -0.39 is 11.7 Å². The van der Waals surface area contributed by atoms with Crippen LogP contribution in [0.3, 0.4) is 0 Å². The molecule has 0 saturated carbocycles. The van der Waals surface area contributed by atoms with Crippen molar-refractivity contribution < 1.29 is 14.3 Å². The Kier molecular flexibility index (Phi) is 7.36. The maximum atomic E-state index is 11.8. The average molecular weight is 322 g/mol. The third kappa shape index (κ3) is 6.91. The molecule has 5 heteroatoms. The van der Waals surface area contributed by atoms with Gasteiger partial charge in [0, 0.05) is 25.9 Å². The fraction of sp³-hybridized carbons (Fsp3) is 0.611. The number of carbonyl (C=O) groups excluding carboxylic acids is 1. The number of hydrogen-bond acceptors (Lipinski definition) is 4. The lowest BCUT2D eigenvalue weighted by Gasteiger charge is -2.24. The van der Waals surface area contributed by atoms with Crippen LogP contribution >= 0.6 is 0 Å². The minimum atomic E-state index is -0.489. The average Bonchev–Trinajstić information content (AvgIpc) is 2.46. The zero-order chi connectivity index (χ0) is 17.5. The van der Waals surface area contributed by atoms with E-state index in [0.29, 0.717) is 6.61 Å². The number of rotatable bonds is 7. The number of ether oxygens (including phenoxy) is 2. The summed E-state index contributed by atoms with van der Waals surface area (Å²) in [5.74, 6) is 0. The summed E-state index contributed by atoms with van der Waals surface area (Å²) < 4.78 is 10.4. The lowest BCUT2D eigenvalue weighted by atomic mass is 10.1. The molecule has 0 bridgehead atoms. The van der Waals surface area contributed by atoms with Gasteiger partial charge in [-0.25, -0.2) is 4.79 Å². The van der Waals surface area contributed by atoms with E-state index in [0.717, 1.165) is 24.3 Å². The Labute approximate surface area is 140 Å². The lowest BCUT2D eigenvalue weighted by molar-refractivity contribution is 0.0508. The van der Waals surface area contributed by atoms with Gasteiger partial charge in [-0.1, -0.05) is 12.1 Å². The van der Waals surface area contributed by atoms with Gasteiger partial charge < -0.3 is 19.7 Å². The molecule has 1 aromatic rings. The number of likely N-dealkylation sites (N-methyl/N-ethyl adjacent to an activating group) is 1. The maximum absolute atomic E-state index is 11.8. The maximum Gasteiger partial charge on any atom is 0.408 e. The summed E-state index contributed by atoms with van der Waals surface area (Å²) in [6, 6.07) is 8.11. The van der Waals surface area contributed by atoms with Crippen LogP contribution in [0.5, 0.6) is 0 Å². The molecule has 0 aliphatic heterocycles. The molecular formula is C18H30N2O3. The highest BCUT2D eigenvalue weighted by atomic mass is 16.6. The van der Waals surface area contributed by atoms with Crippen LogP contribution in [0.15, 0.2) is 24.3 Å². The number of methoxy groups -OCH3 is 1. The van der Waals surface area contributed by atoms with Gasteiger partial charge in [0.2, 0.25) is 0 Å². The predicted molar refractivity (Wildman–Crippen MR) is 94.0 cm³/mol. The monoisotopic (exact) mass is 322 g/mol. The van der Waals surface area contributed by atoms with Crippen LogP contribution in [0.4, 0.5) is 10.5 Å². The van der Waals surface area contributed by atoms with Crippen molar-refractivity contribution in [2.24, 2.45) is 0 Å². The van der Waals surface area contributed by atoms with E-state index in [1.54, 1.807) is 7.11 Å². The third-order valence-corrected chi connectivity index (χ3v) is 3.44. The highest BCUT2D eigenvalue weighted by Crippen LogP contribution is 2.19. The normalized spacial score (nSPS) is 12.6. The van der Waals surface area contributed by atoms with Gasteiger partial charge in [0.25, 0.3) is 0 Å². The minimum Gasteiger partial charge on any atom is -0.444 e. The molecule has 1 rings (SSSR count). The van der Waals surface area contributed by atoms with E-state index in [1.165, 1.54) is 0 Å². The molecule has 0 unspecified atom stereocenters. The number of nitrogens with zero attached hydrogens (tertiary/aromatic N) is 1. The number of carbonyl (C=O) groups is 1. The highest BCUT2D eigenvalue weighted by molar-refractivity contribution is 5.68. The SMILES string of the molecule is CCN(CCOC)c1ccc([C@H](C)NC(=O)OC(C)(C)C)cc1. The summed E-state index contributed by atoms with van der Waals surface area (Å²) in [5, 5.41) is 2.85. The van der Waals surface area contributed by atoms with Crippen molar-refractivity contribution in [1.82, 2.24) is 5.32 Å². The molecule has 0 aliphatic rings. The van der Waals surface area contributed by atoms with E-state index in [4.69, 9.17) is 9.47 Å². The Bertz CT molecular complexity index is 480. The predicted octanol–water partition coefficient (Wildman–Crippen LogP) is 3.75. The quantitative estimate of drug-likeness (QED) is 0.831. The molecule has 1 N–H and O–H groups in total. The summed E-state index contributed by atoms with van der Waals surface area (Å²) in [6.45, 7) is 12.1. The number of amides is 1. The molecule has 0 saturated heterocycles. The summed E-state index contributed by atoms with van der Waals surface area (Å²) in [6.07, 6.45) is -0.399. The number of anilines is 1. The summed E-state index contributed by atoms with van der Waals surface area (Å²) in [7, 11) is 1.71. The second kappa shape index (κ2) is 8.77. The van der Waals surface area contributed by atoms with E-state index in [1.807, 2.05) is 39.8 Å². The number of alkyl carbamates (subject to hydrolysis) is 1. The molecule has 23 heavy (non-hydrogen) atoms. The fourth-order valence-corrected chi connectivity index (χ4v) is 2.21. The second-order valence-electron chi connectivity index (χ2n) is 6.53. The molecule has 130 valence electrons. The number of nitrogens with one attached hydrogen (secondary N) is 1. The smallest absolute Gasteiger partial charge is 0.408 e. The van der Waals surface area contributed by atoms with E-state index in [9.17, 15) is 4.79 Å². The second-order valence-corrected chi connectivity index (χ2v) is 6.53. The van der Waals surface area contributed by atoms with Crippen LogP contribution in [0.25, 0.3) is 0 Å². The third-order valence-electron chi connectivity index (χ3n) is 3.44. The summed E-state index contributed by atoms with van der Waals surface area (Å²) >= 11 is 0. The first-order valence-electron chi connectivity index (χ1n) is 8.10. The van der Waals surface area contributed by atoms with Gasteiger partial charge in [0.05, 0.1) is 12.6 Å².